The van der Waals surface area contributed by atoms with E-state index < -0.39 is 4.92 Å². The second-order valence-corrected chi connectivity index (χ2v) is 8.93. The van der Waals surface area contributed by atoms with Crippen LogP contribution in [0.1, 0.15) is 18.4 Å². The lowest BCUT2D eigenvalue weighted by Crippen LogP contribution is -2.54. The number of piperidine rings is 2. The molecule has 1 aromatic heterocycles. The molecule has 15 nitrogen and oxygen atoms in total. The molecule has 2 aliphatic heterocycles. The van der Waals surface area contributed by atoms with Crippen LogP contribution in [0.2, 0.25) is 0 Å². The van der Waals surface area contributed by atoms with Crippen molar-refractivity contribution in [1.29, 1.82) is 5.26 Å². The van der Waals surface area contributed by atoms with Gasteiger partial charge in [-0.25, -0.2) is 0 Å². The SMILES string of the molecule is N#Cc1ccc(NNc2nc(N3C[C@H](N)C[C@H](N)C3)nc(N3C[C@H](N)C[C@H](N)C3)n2)c([N+](=O)[O-])c1. The number of nitrogens with zero attached hydrogens (tertiary/aromatic N) is 7. The second kappa shape index (κ2) is 10.2. The molecule has 0 unspecified atom stereocenters. The van der Waals surface area contributed by atoms with E-state index in [-0.39, 0.29) is 47.1 Å². The summed E-state index contributed by atoms with van der Waals surface area (Å²) in [5.41, 5.74) is 30.3. The van der Waals surface area contributed by atoms with Crippen LogP contribution in [0.15, 0.2) is 18.2 Å². The van der Waals surface area contributed by atoms with E-state index in [1.54, 1.807) is 0 Å². The number of nitrogens with two attached hydrogens (primary N) is 4. The summed E-state index contributed by atoms with van der Waals surface area (Å²) in [7, 11) is 0. The van der Waals surface area contributed by atoms with Gasteiger partial charge in [0.2, 0.25) is 17.8 Å². The van der Waals surface area contributed by atoms with Crippen LogP contribution in [0, 0.1) is 21.4 Å². The molecule has 0 aliphatic carbocycles. The van der Waals surface area contributed by atoms with E-state index in [1.807, 2.05) is 15.9 Å². The first-order valence-corrected chi connectivity index (χ1v) is 11.2. The minimum atomic E-state index is -0.581. The van der Waals surface area contributed by atoms with Gasteiger partial charge in [-0.2, -0.15) is 20.2 Å². The van der Waals surface area contributed by atoms with E-state index in [9.17, 15) is 10.1 Å². The molecule has 35 heavy (non-hydrogen) atoms. The molecule has 3 heterocycles. The molecule has 0 saturated carbocycles. The van der Waals surface area contributed by atoms with E-state index in [2.05, 4.69) is 25.8 Å². The molecular weight excluding hydrogens is 454 g/mol. The van der Waals surface area contributed by atoms with Crippen molar-refractivity contribution in [1.82, 2.24) is 15.0 Å². The highest BCUT2D eigenvalue weighted by Gasteiger charge is 2.29. The Bertz CT molecular complexity index is 1060. The van der Waals surface area contributed by atoms with Gasteiger partial charge in [-0.3, -0.25) is 21.0 Å². The largest absolute Gasteiger partial charge is 0.338 e. The summed E-state index contributed by atoms with van der Waals surface area (Å²) in [6.45, 7) is 2.07. The second-order valence-electron chi connectivity index (χ2n) is 8.93. The lowest BCUT2D eigenvalue weighted by Gasteiger charge is -2.37. The molecule has 2 aromatic rings. The number of anilines is 4. The smallest absolute Gasteiger partial charge is 0.295 e. The van der Waals surface area contributed by atoms with Crippen molar-refractivity contribution in [2.24, 2.45) is 22.9 Å². The van der Waals surface area contributed by atoms with Crippen molar-refractivity contribution in [3.63, 3.8) is 0 Å². The lowest BCUT2D eigenvalue weighted by atomic mass is 10.0. The van der Waals surface area contributed by atoms with E-state index in [0.29, 0.717) is 50.9 Å². The molecule has 15 heteroatoms. The molecular formula is C20H29N13O2. The fourth-order valence-corrected chi connectivity index (χ4v) is 4.36. The fraction of sp³-hybridized carbons (Fsp3) is 0.500. The Morgan fingerprint density at radius 2 is 1.43 bits per heavy atom. The van der Waals surface area contributed by atoms with Crippen LogP contribution < -0.4 is 43.6 Å². The number of aromatic nitrogens is 3. The van der Waals surface area contributed by atoms with Crippen LogP contribution in [0.25, 0.3) is 0 Å². The van der Waals surface area contributed by atoms with Crippen molar-refractivity contribution in [3.05, 3.63) is 33.9 Å². The van der Waals surface area contributed by atoms with E-state index in [0.717, 1.165) is 0 Å². The van der Waals surface area contributed by atoms with Crippen LogP contribution in [0.5, 0.6) is 0 Å². The molecule has 10 N–H and O–H groups in total. The highest BCUT2D eigenvalue weighted by molar-refractivity contribution is 5.65. The number of hydrogen-bond donors (Lipinski definition) is 6. The normalized spacial score (nSPS) is 24.5. The first-order valence-electron chi connectivity index (χ1n) is 11.2. The highest BCUT2D eigenvalue weighted by Crippen LogP contribution is 2.26. The zero-order valence-corrected chi connectivity index (χ0v) is 19.0. The number of nitro benzene ring substituents is 1. The van der Waals surface area contributed by atoms with Crippen LogP contribution in [0.3, 0.4) is 0 Å². The molecule has 1 aromatic carbocycles. The van der Waals surface area contributed by atoms with E-state index in [4.69, 9.17) is 28.2 Å². The van der Waals surface area contributed by atoms with E-state index >= 15 is 0 Å². The van der Waals surface area contributed by atoms with Gasteiger partial charge in [-0.05, 0) is 25.0 Å². The maximum absolute atomic E-state index is 11.5. The van der Waals surface area contributed by atoms with Gasteiger partial charge in [0.1, 0.15) is 5.69 Å². The van der Waals surface area contributed by atoms with Crippen molar-refractivity contribution in [2.45, 2.75) is 37.0 Å². The van der Waals surface area contributed by atoms with Crippen LogP contribution >= 0.6 is 0 Å². The highest BCUT2D eigenvalue weighted by atomic mass is 16.6. The Labute approximate surface area is 201 Å². The molecule has 4 atom stereocenters. The number of nitro groups is 1. The molecule has 0 spiro atoms. The van der Waals surface area contributed by atoms with Crippen molar-refractivity contribution in [3.8, 4) is 6.07 Å². The Balaban J connectivity index is 1.64. The molecule has 0 bridgehead atoms. The summed E-state index contributed by atoms with van der Waals surface area (Å²) in [6, 6.07) is 5.43. The molecule has 2 fully saturated rings. The van der Waals surface area contributed by atoms with Gasteiger partial charge in [0, 0.05) is 56.4 Å². The topological polar surface area (TPSA) is 240 Å². The van der Waals surface area contributed by atoms with E-state index in [1.165, 1.54) is 18.2 Å². The lowest BCUT2D eigenvalue weighted by molar-refractivity contribution is -0.384. The number of hydrogen-bond acceptors (Lipinski definition) is 14. The Morgan fingerprint density at radius 3 is 1.89 bits per heavy atom. The first kappa shape index (κ1) is 24.3. The number of nitrogens with one attached hydrogen (secondary N) is 2. The first-order chi connectivity index (χ1) is 16.7. The summed E-state index contributed by atoms with van der Waals surface area (Å²) in [5, 5.41) is 20.5. The van der Waals surface area contributed by atoms with Gasteiger partial charge in [-0.15, -0.1) is 0 Å². The van der Waals surface area contributed by atoms with Gasteiger partial charge in [0.25, 0.3) is 5.69 Å². The summed E-state index contributed by atoms with van der Waals surface area (Å²) < 4.78 is 0. The Kier molecular flexibility index (Phi) is 7.07. The molecule has 0 radical (unpaired) electrons. The maximum atomic E-state index is 11.5. The van der Waals surface area contributed by atoms with Crippen molar-refractivity contribution in [2.75, 3.05) is 46.8 Å². The quantitative estimate of drug-likeness (QED) is 0.209. The standard InChI is InChI=1S/C20H29N13O2/c21-6-11-1-2-16(17(3-11)33(34)35)29-30-18-26-19(31-7-12(22)4-13(23)8-31)28-20(27-18)32-9-14(24)5-15(25)10-32/h1-3,12-15,29H,4-5,7-10,22-25H2,(H,26,27,28,30)/t12-,13+,14-,15+. The summed E-state index contributed by atoms with van der Waals surface area (Å²) in [6.07, 6.45) is 1.39. The predicted molar refractivity (Wildman–Crippen MR) is 130 cm³/mol. The third kappa shape index (κ3) is 5.81. The monoisotopic (exact) mass is 483 g/mol. The molecule has 4 rings (SSSR count). The minimum Gasteiger partial charge on any atom is -0.338 e. The average molecular weight is 484 g/mol. The fourth-order valence-electron chi connectivity index (χ4n) is 4.36. The summed E-state index contributed by atoms with van der Waals surface area (Å²) in [4.78, 5) is 28.3. The number of nitriles is 1. The predicted octanol–water partition coefficient (Wildman–Crippen LogP) is -1.18. The van der Waals surface area contributed by atoms with Gasteiger partial charge < -0.3 is 32.7 Å². The average Bonchev–Trinajstić information content (AvgIpc) is 2.81. The van der Waals surface area contributed by atoms with Crippen LogP contribution in [-0.2, 0) is 0 Å². The van der Waals surface area contributed by atoms with Gasteiger partial charge in [-0.1, -0.05) is 0 Å². The molecule has 2 saturated heterocycles. The van der Waals surface area contributed by atoms with Gasteiger partial charge >= 0.3 is 0 Å². The minimum absolute atomic E-state index is 0.129. The van der Waals surface area contributed by atoms with Gasteiger partial charge in [0.05, 0.1) is 16.6 Å². The van der Waals surface area contributed by atoms with Crippen molar-refractivity contribution >= 4 is 29.2 Å². The zero-order valence-electron chi connectivity index (χ0n) is 19.0. The number of benzene rings is 1. The third-order valence-corrected chi connectivity index (χ3v) is 5.84. The van der Waals surface area contributed by atoms with Crippen molar-refractivity contribution < 1.29 is 4.92 Å². The molecule has 186 valence electrons. The third-order valence-electron chi connectivity index (χ3n) is 5.84. The number of rotatable bonds is 6. The van der Waals surface area contributed by atoms with Crippen LogP contribution in [0.4, 0.5) is 29.2 Å². The maximum Gasteiger partial charge on any atom is 0.295 e. The van der Waals surface area contributed by atoms with Gasteiger partial charge in [0.15, 0.2) is 0 Å². The zero-order chi connectivity index (χ0) is 25.1. The molecule has 2 aliphatic rings. The Hall–Kier alpha value is -3.84. The summed E-state index contributed by atoms with van der Waals surface area (Å²) in [5.74, 6) is 0.864. The summed E-state index contributed by atoms with van der Waals surface area (Å²) >= 11 is 0. The van der Waals surface area contributed by atoms with Crippen LogP contribution in [-0.4, -0.2) is 70.2 Å². The number of hydrazine groups is 1. The Morgan fingerprint density at radius 1 is 0.914 bits per heavy atom. The molecule has 0 amide bonds.